The molecule has 0 unspecified atom stereocenters. The lowest BCUT2D eigenvalue weighted by Crippen LogP contribution is -2.42. The van der Waals surface area contributed by atoms with Gasteiger partial charge in [0.15, 0.2) is 0 Å². The maximum Gasteiger partial charge on any atom is 0.106 e. The normalized spacial score (nSPS) is 31.6. The minimum absolute atomic E-state index is 0.130. The molecular formula is C20H24N2O2. The highest BCUT2D eigenvalue weighted by atomic mass is 16.7. The Morgan fingerprint density at radius 3 is 1.42 bits per heavy atom. The molecule has 0 aliphatic carbocycles. The fraction of sp³-hybridized carbons (Fsp3) is 0.400. The molecule has 4 nitrogen and oxygen atoms in total. The second-order valence-electron chi connectivity index (χ2n) is 6.71. The molecular weight excluding hydrogens is 300 g/mol. The standard InChI is InChI=1S/C20H24N2O2/c1-21-17(13-19(23-21)15-9-5-3-6-10-15)18-14-20(24-22(18)2)16-11-7-4-8-12-16/h3-12,17-20H,13-14H2,1-2H3/t17-,18+,19+,20-. The summed E-state index contributed by atoms with van der Waals surface area (Å²) in [6, 6.07) is 21.6. The number of rotatable bonds is 3. The molecule has 2 aromatic rings. The van der Waals surface area contributed by atoms with Gasteiger partial charge in [0.1, 0.15) is 12.2 Å². The van der Waals surface area contributed by atoms with Crippen molar-refractivity contribution in [1.29, 1.82) is 0 Å². The molecule has 24 heavy (non-hydrogen) atoms. The van der Waals surface area contributed by atoms with E-state index in [2.05, 4.69) is 48.5 Å². The molecule has 2 fully saturated rings. The third kappa shape index (κ3) is 2.98. The molecule has 0 saturated carbocycles. The van der Waals surface area contributed by atoms with Crippen LogP contribution >= 0.6 is 0 Å². The molecule has 4 heteroatoms. The lowest BCUT2D eigenvalue weighted by molar-refractivity contribution is -0.183. The molecule has 2 aromatic carbocycles. The van der Waals surface area contributed by atoms with Gasteiger partial charge in [-0.2, -0.15) is 10.1 Å². The van der Waals surface area contributed by atoms with E-state index >= 15 is 0 Å². The van der Waals surface area contributed by atoms with Crippen molar-refractivity contribution in [3.63, 3.8) is 0 Å². The predicted molar refractivity (Wildman–Crippen MR) is 92.9 cm³/mol. The third-order valence-electron chi connectivity index (χ3n) is 5.22. The molecule has 2 saturated heterocycles. The van der Waals surface area contributed by atoms with E-state index in [0.717, 1.165) is 12.8 Å². The number of likely N-dealkylation sites (N-methyl/N-ethyl adjacent to an activating group) is 2. The van der Waals surface area contributed by atoms with Crippen LogP contribution in [0.15, 0.2) is 60.7 Å². The van der Waals surface area contributed by atoms with Crippen LogP contribution < -0.4 is 0 Å². The average Bonchev–Trinajstić information content (AvgIpc) is 3.19. The van der Waals surface area contributed by atoms with Gasteiger partial charge >= 0.3 is 0 Å². The minimum Gasteiger partial charge on any atom is -0.291 e. The number of hydroxylamine groups is 4. The van der Waals surface area contributed by atoms with Gasteiger partial charge < -0.3 is 0 Å². The van der Waals surface area contributed by atoms with E-state index in [9.17, 15) is 0 Å². The first-order chi connectivity index (χ1) is 11.7. The van der Waals surface area contributed by atoms with Crippen molar-refractivity contribution in [3.05, 3.63) is 71.8 Å². The summed E-state index contributed by atoms with van der Waals surface area (Å²) >= 11 is 0. The Balaban J connectivity index is 1.48. The largest absolute Gasteiger partial charge is 0.291 e. The number of hydrogen-bond donors (Lipinski definition) is 0. The van der Waals surface area contributed by atoms with Crippen molar-refractivity contribution in [1.82, 2.24) is 10.1 Å². The van der Waals surface area contributed by atoms with Gasteiger partial charge in [-0.05, 0) is 24.0 Å². The number of nitrogens with zero attached hydrogens (tertiary/aromatic N) is 2. The maximum absolute atomic E-state index is 6.11. The van der Waals surface area contributed by atoms with Crippen LogP contribution in [0.3, 0.4) is 0 Å². The molecule has 2 aliphatic rings. The van der Waals surface area contributed by atoms with Gasteiger partial charge in [0.25, 0.3) is 0 Å². The summed E-state index contributed by atoms with van der Waals surface area (Å²) in [5, 5.41) is 4.05. The maximum atomic E-state index is 6.11. The van der Waals surface area contributed by atoms with Crippen LogP contribution in [-0.2, 0) is 9.68 Å². The fourth-order valence-corrected chi connectivity index (χ4v) is 3.91. The molecule has 2 aliphatic heterocycles. The Morgan fingerprint density at radius 1 is 0.667 bits per heavy atom. The van der Waals surface area contributed by atoms with Crippen LogP contribution in [0.25, 0.3) is 0 Å². The van der Waals surface area contributed by atoms with Gasteiger partial charge in [-0.25, -0.2) is 0 Å². The molecule has 0 amide bonds. The first kappa shape index (κ1) is 15.8. The second-order valence-corrected chi connectivity index (χ2v) is 6.71. The molecule has 4 rings (SSSR count). The quantitative estimate of drug-likeness (QED) is 0.859. The zero-order valence-corrected chi connectivity index (χ0v) is 14.2. The van der Waals surface area contributed by atoms with E-state index in [0.29, 0.717) is 12.1 Å². The molecule has 4 atom stereocenters. The van der Waals surface area contributed by atoms with E-state index in [4.69, 9.17) is 9.68 Å². The van der Waals surface area contributed by atoms with Crippen molar-refractivity contribution >= 4 is 0 Å². The van der Waals surface area contributed by atoms with E-state index in [1.54, 1.807) is 0 Å². The molecule has 126 valence electrons. The molecule has 0 N–H and O–H groups in total. The van der Waals surface area contributed by atoms with Gasteiger partial charge in [0, 0.05) is 14.1 Å². The first-order valence-electron chi connectivity index (χ1n) is 8.61. The Labute approximate surface area is 143 Å². The zero-order chi connectivity index (χ0) is 16.5. The van der Waals surface area contributed by atoms with Gasteiger partial charge in [0.05, 0.1) is 12.1 Å². The summed E-state index contributed by atoms with van der Waals surface area (Å²) in [5.74, 6) is 0. The highest BCUT2D eigenvalue weighted by Gasteiger charge is 2.44. The van der Waals surface area contributed by atoms with Crippen LogP contribution in [0.5, 0.6) is 0 Å². The van der Waals surface area contributed by atoms with Crippen LogP contribution in [0.4, 0.5) is 0 Å². The number of benzene rings is 2. The Kier molecular flexibility index (Phi) is 4.37. The lowest BCUT2D eigenvalue weighted by atomic mass is 9.94. The zero-order valence-electron chi connectivity index (χ0n) is 14.2. The molecule has 0 bridgehead atoms. The van der Waals surface area contributed by atoms with Crippen LogP contribution in [0.1, 0.15) is 36.2 Å². The van der Waals surface area contributed by atoms with Crippen molar-refractivity contribution < 1.29 is 9.68 Å². The van der Waals surface area contributed by atoms with Crippen LogP contribution in [0.2, 0.25) is 0 Å². The summed E-state index contributed by atoms with van der Waals surface area (Å²) in [6.07, 6.45) is 2.23. The minimum atomic E-state index is 0.130. The van der Waals surface area contributed by atoms with Gasteiger partial charge in [0.2, 0.25) is 0 Å². The van der Waals surface area contributed by atoms with Gasteiger partial charge in [-0.3, -0.25) is 9.68 Å². The predicted octanol–water partition coefficient (Wildman–Crippen LogP) is 3.74. The van der Waals surface area contributed by atoms with Crippen LogP contribution in [-0.4, -0.2) is 36.3 Å². The highest BCUT2D eigenvalue weighted by molar-refractivity contribution is 5.20. The topological polar surface area (TPSA) is 24.9 Å². The molecule has 0 radical (unpaired) electrons. The van der Waals surface area contributed by atoms with Crippen molar-refractivity contribution in [3.8, 4) is 0 Å². The van der Waals surface area contributed by atoms with Crippen molar-refractivity contribution in [2.24, 2.45) is 0 Å². The van der Waals surface area contributed by atoms with E-state index in [1.807, 2.05) is 36.4 Å². The summed E-state index contributed by atoms with van der Waals surface area (Å²) in [4.78, 5) is 12.2. The first-order valence-corrected chi connectivity index (χ1v) is 8.61. The van der Waals surface area contributed by atoms with E-state index in [1.165, 1.54) is 11.1 Å². The highest BCUT2D eigenvalue weighted by Crippen LogP contribution is 2.41. The van der Waals surface area contributed by atoms with E-state index < -0.39 is 0 Å². The molecule has 0 aromatic heterocycles. The molecule has 0 spiro atoms. The fourth-order valence-electron chi connectivity index (χ4n) is 3.91. The molecule has 2 heterocycles. The smallest absolute Gasteiger partial charge is 0.106 e. The van der Waals surface area contributed by atoms with Gasteiger partial charge in [-0.15, -0.1) is 0 Å². The number of hydrogen-bond acceptors (Lipinski definition) is 4. The third-order valence-corrected chi connectivity index (χ3v) is 5.22. The second kappa shape index (κ2) is 6.65. The summed E-state index contributed by atoms with van der Waals surface area (Å²) in [5.41, 5.74) is 2.49. The summed E-state index contributed by atoms with van der Waals surface area (Å²) < 4.78 is 0. The summed E-state index contributed by atoms with van der Waals surface area (Å²) in [7, 11) is 4.08. The lowest BCUT2D eigenvalue weighted by Gasteiger charge is -2.27. The van der Waals surface area contributed by atoms with E-state index in [-0.39, 0.29) is 12.2 Å². The average molecular weight is 324 g/mol. The van der Waals surface area contributed by atoms with Gasteiger partial charge in [-0.1, -0.05) is 60.7 Å². The Morgan fingerprint density at radius 2 is 1.04 bits per heavy atom. The SMILES string of the molecule is CN1O[C@H](c2ccccc2)C[C@@H]1[C@@H]1C[C@H](c2ccccc2)ON1C. The van der Waals surface area contributed by atoms with Crippen LogP contribution in [0, 0.1) is 0 Å². The Bertz CT molecular complexity index is 604. The monoisotopic (exact) mass is 324 g/mol. The Hall–Kier alpha value is -1.72. The van der Waals surface area contributed by atoms with Crippen molar-refractivity contribution in [2.75, 3.05) is 14.1 Å². The van der Waals surface area contributed by atoms with Crippen molar-refractivity contribution in [2.45, 2.75) is 37.1 Å². The summed E-state index contributed by atoms with van der Waals surface area (Å²) in [6.45, 7) is 0.